The summed E-state index contributed by atoms with van der Waals surface area (Å²) >= 11 is 5.79. The third kappa shape index (κ3) is 3.70. The van der Waals surface area contributed by atoms with E-state index in [2.05, 4.69) is 5.32 Å². The molecule has 0 heterocycles. The van der Waals surface area contributed by atoms with Gasteiger partial charge in [0.15, 0.2) is 0 Å². The topological polar surface area (TPSA) is 38.3 Å². The van der Waals surface area contributed by atoms with Crippen LogP contribution >= 0.6 is 11.6 Å². The largest absolute Gasteiger partial charge is 0.466 e. The van der Waals surface area contributed by atoms with Gasteiger partial charge in [-0.1, -0.05) is 17.7 Å². The summed E-state index contributed by atoms with van der Waals surface area (Å²) in [5, 5.41) is 3.06. The summed E-state index contributed by atoms with van der Waals surface area (Å²) < 4.78 is 18.0. The maximum atomic E-state index is 13.3. The van der Waals surface area contributed by atoms with Crippen LogP contribution in [0.5, 0.6) is 0 Å². The molecule has 0 atom stereocenters. The molecule has 0 fully saturated rings. The summed E-state index contributed by atoms with van der Waals surface area (Å²) in [7, 11) is 0. The van der Waals surface area contributed by atoms with Crippen molar-refractivity contribution >= 4 is 23.3 Å². The number of rotatable bonds is 5. The predicted octanol–water partition coefficient (Wildman–Crippen LogP) is 2.84. The first-order chi connectivity index (χ1) is 7.65. The second kappa shape index (κ2) is 6.33. The van der Waals surface area contributed by atoms with Gasteiger partial charge in [-0.3, -0.25) is 4.79 Å². The average molecular weight is 246 g/mol. The fraction of sp³-hybridized carbons (Fsp3) is 0.364. The second-order valence-electron chi connectivity index (χ2n) is 3.08. The van der Waals surface area contributed by atoms with Crippen LogP contribution in [0.15, 0.2) is 18.2 Å². The van der Waals surface area contributed by atoms with Crippen LogP contribution in [0, 0.1) is 5.82 Å². The van der Waals surface area contributed by atoms with Gasteiger partial charge in [0.2, 0.25) is 0 Å². The fourth-order valence-electron chi connectivity index (χ4n) is 1.19. The van der Waals surface area contributed by atoms with E-state index in [4.69, 9.17) is 16.3 Å². The molecule has 0 aromatic heterocycles. The first-order valence-corrected chi connectivity index (χ1v) is 5.36. The molecule has 0 aliphatic carbocycles. The Hall–Kier alpha value is -1.29. The van der Waals surface area contributed by atoms with Crippen LogP contribution in [0.3, 0.4) is 0 Å². The van der Waals surface area contributed by atoms with Crippen LogP contribution in [0.1, 0.15) is 13.3 Å². The minimum atomic E-state index is -0.434. The normalized spacial score (nSPS) is 9.94. The Morgan fingerprint density at radius 1 is 1.56 bits per heavy atom. The smallest absolute Gasteiger partial charge is 0.307 e. The van der Waals surface area contributed by atoms with Crippen molar-refractivity contribution in [1.29, 1.82) is 0 Å². The van der Waals surface area contributed by atoms with E-state index in [0.29, 0.717) is 18.2 Å². The average Bonchev–Trinajstić information content (AvgIpc) is 2.23. The molecule has 1 N–H and O–H groups in total. The van der Waals surface area contributed by atoms with E-state index >= 15 is 0 Å². The monoisotopic (exact) mass is 245 g/mol. The van der Waals surface area contributed by atoms with Crippen molar-refractivity contribution in [3.05, 3.63) is 29.0 Å². The minimum Gasteiger partial charge on any atom is -0.466 e. The fourth-order valence-corrected chi connectivity index (χ4v) is 1.42. The van der Waals surface area contributed by atoms with Crippen molar-refractivity contribution < 1.29 is 13.9 Å². The highest BCUT2D eigenvalue weighted by Gasteiger charge is 2.07. The second-order valence-corrected chi connectivity index (χ2v) is 3.49. The molecule has 0 amide bonds. The standard InChI is InChI=1S/C11H13ClFNO2/c1-2-16-10(15)6-7-14-11-8(12)4-3-5-9(11)13/h3-5,14H,2,6-7H2,1H3. The van der Waals surface area contributed by atoms with Gasteiger partial charge in [0.25, 0.3) is 0 Å². The van der Waals surface area contributed by atoms with Crippen LogP contribution in [0.2, 0.25) is 5.02 Å². The number of anilines is 1. The lowest BCUT2D eigenvalue weighted by atomic mass is 10.3. The molecular formula is C11H13ClFNO2. The van der Waals surface area contributed by atoms with E-state index in [1.54, 1.807) is 13.0 Å². The number of ether oxygens (including phenoxy) is 1. The van der Waals surface area contributed by atoms with Gasteiger partial charge in [-0.2, -0.15) is 0 Å². The molecule has 0 saturated heterocycles. The van der Waals surface area contributed by atoms with Crippen LogP contribution < -0.4 is 5.32 Å². The summed E-state index contributed by atoms with van der Waals surface area (Å²) in [5.41, 5.74) is 0.216. The lowest BCUT2D eigenvalue weighted by Gasteiger charge is -2.08. The summed E-state index contributed by atoms with van der Waals surface area (Å²) in [6.45, 7) is 2.37. The molecule has 1 aromatic carbocycles. The lowest BCUT2D eigenvalue weighted by Crippen LogP contribution is -2.12. The van der Waals surface area contributed by atoms with Gasteiger partial charge in [0.1, 0.15) is 5.82 Å². The Balaban J connectivity index is 2.46. The summed E-state index contributed by atoms with van der Waals surface area (Å²) in [5.74, 6) is -0.751. The van der Waals surface area contributed by atoms with Gasteiger partial charge < -0.3 is 10.1 Å². The number of hydrogen-bond donors (Lipinski definition) is 1. The molecule has 0 saturated carbocycles. The molecule has 0 radical (unpaired) electrons. The highest BCUT2D eigenvalue weighted by atomic mass is 35.5. The lowest BCUT2D eigenvalue weighted by molar-refractivity contribution is -0.142. The highest BCUT2D eigenvalue weighted by Crippen LogP contribution is 2.24. The van der Waals surface area contributed by atoms with Gasteiger partial charge in [-0.25, -0.2) is 4.39 Å². The van der Waals surface area contributed by atoms with Crippen LogP contribution in [-0.4, -0.2) is 19.1 Å². The number of nitrogens with one attached hydrogen (secondary N) is 1. The van der Waals surface area contributed by atoms with Gasteiger partial charge >= 0.3 is 5.97 Å². The molecule has 0 unspecified atom stereocenters. The van der Waals surface area contributed by atoms with E-state index in [-0.39, 0.29) is 18.1 Å². The zero-order chi connectivity index (χ0) is 12.0. The molecule has 16 heavy (non-hydrogen) atoms. The van der Waals surface area contributed by atoms with Crippen molar-refractivity contribution in [1.82, 2.24) is 0 Å². The summed E-state index contributed by atoms with van der Waals surface area (Å²) in [6, 6.07) is 4.41. The van der Waals surface area contributed by atoms with Crippen molar-refractivity contribution in [2.75, 3.05) is 18.5 Å². The quantitative estimate of drug-likeness (QED) is 0.811. The van der Waals surface area contributed by atoms with E-state index in [1.807, 2.05) is 0 Å². The third-order valence-corrected chi connectivity index (χ3v) is 2.21. The van der Waals surface area contributed by atoms with Crippen LogP contribution in [0.4, 0.5) is 10.1 Å². The zero-order valence-electron chi connectivity index (χ0n) is 8.93. The molecule has 5 heteroatoms. The first-order valence-electron chi connectivity index (χ1n) is 4.98. The maximum Gasteiger partial charge on any atom is 0.307 e. The Morgan fingerprint density at radius 2 is 2.31 bits per heavy atom. The number of benzene rings is 1. The molecule has 0 spiro atoms. The van der Waals surface area contributed by atoms with Crippen molar-refractivity contribution in [2.24, 2.45) is 0 Å². The van der Waals surface area contributed by atoms with Crippen molar-refractivity contribution in [3.63, 3.8) is 0 Å². The summed E-state index contributed by atoms with van der Waals surface area (Å²) in [6.07, 6.45) is 0.179. The van der Waals surface area contributed by atoms with E-state index in [0.717, 1.165) is 0 Å². The molecule has 1 rings (SSSR count). The number of hydrogen-bond acceptors (Lipinski definition) is 3. The molecule has 88 valence electrons. The van der Waals surface area contributed by atoms with Gasteiger partial charge in [-0.05, 0) is 19.1 Å². The first kappa shape index (κ1) is 12.8. The minimum absolute atomic E-state index is 0.179. The number of carbonyl (C=O) groups excluding carboxylic acids is 1. The Kier molecular flexibility index (Phi) is 5.05. The van der Waals surface area contributed by atoms with Crippen molar-refractivity contribution in [2.45, 2.75) is 13.3 Å². The number of halogens is 2. The Bertz CT molecular complexity index is 351. The van der Waals surface area contributed by atoms with Crippen molar-refractivity contribution in [3.8, 4) is 0 Å². The molecule has 3 nitrogen and oxygen atoms in total. The predicted molar refractivity (Wildman–Crippen MR) is 61.1 cm³/mol. The number of para-hydroxylation sites is 1. The third-order valence-electron chi connectivity index (χ3n) is 1.90. The molecule has 0 bridgehead atoms. The SMILES string of the molecule is CCOC(=O)CCNc1c(F)cccc1Cl. The van der Waals surface area contributed by atoms with E-state index in [1.165, 1.54) is 12.1 Å². The van der Waals surface area contributed by atoms with E-state index < -0.39 is 5.82 Å². The molecule has 1 aromatic rings. The molecule has 0 aliphatic rings. The van der Waals surface area contributed by atoms with E-state index in [9.17, 15) is 9.18 Å². The Labute approximate surface area is 98.5 Å². The van der Waals surface area contributed by atoms with Crippen LogP contribution in [-0.2, 0) is 9.53 Å². The Morgan fingerprint density at radius 3 is 2.94 bits per heavy atom. The van der Waals surface area contributed by atoms with Crippen LogP contribution in [0.25, 0.3) is 0 Å². The highest BCUT2D eigenvalue weighted by molar-refractivity contribution is 6.33. The number of carbonyl (C=O) groups is 1. The summed E-state index contributed by atoms with van der Waals surface area (Å²) in [4.78, 5) is 11.0. The van der Waals surface area contributed by atoms with Gasteiger partial charge in [-0.15, -0.1) is 0 Å². The number of esters is 1. The maximum absolute atomic E-state index is 13.3. The molecule has 0 aliphatic heterocycles. The van der Waals surface area contributed by atoms with Gasteiger partial charge in [0.05, 0.1) is 23.7 Å². The zero-order valence-corrected chi connectivity index (χ0v) is 9.68. The van der Waals surface area contributed by atoms with Gasteiger partial charge in [0, 0.05) is 6.54 Å². The molecular weight excluding hydrogens is 233 g/mol.